The van der Waals surface area contributed by atoms with Gasteiger partial charge in [0.15, 0.2) is 0 Å². The third-order valence-corrected chi connectivity index (χ3v) is 7.42. The van der Waals surface area contributed by atoms with Crippen LogP contribution in [-0.4, -0.2) is 51.0 Å². The Balaban J connectivity index is 1.40. The molecule has 180 valence electrons. The molecule has 1 N–H and O–H groups in total. The maximum atomic E-state index is 12.9. The van der Waals surface area contributed by atoms with Gasteiger partial charge < -0.3 is 9.64 Å². The van der Waals surface area contributed by atoms with Crippen LogP contribution in [0.5, 0.6) is 0 Å². The average Bonchev–Trinajstić information content (AvgIpc) is 3.19. The quantitative estimate of drug-likeness (QED) is 0.613. The van der Waals surface area contributed by atoms with Crippen molar-refractivity contribution in [1.82, 2.24) is 9.71 Å². The molecule has 1 saturated carbocycles. The molecule has 1 aromatic heterocycles. The van der Waals surface area contributed by atoms with Crippen LogP contribution in [0.1, 0.15) is 55.7 Å². The van der Waals surface area contributed by atoms with Crippen molar-refractivity contribution < 1.29 is 21.9 Å². The van der Waals surface area contributed by atoms with E-state index in [9.17, 15) is 17.2 Å². The van der Waals surface area contributed by atoms with Crippen molar-refractivity contribution in [3.8, 4) is 0 Å². The van der Waals surface area contributed by atoms with E-state index >= 15 is 0 Å². The number of anilines is 1. The van der Waals surface area contributed by atoms with Gasteiger partial charge in [0.2, 0.25) is 10.0 Å². The first-order valence-electron chi connectivity index (χ1n) is 11.4. The van der Waals surface area contributed by atoms with Crippen LogP contribution in [0, 0.1) is 0 Å². The maximum Gasteiger partial charge on any atom is 0.280 e. The van der Waals surface area contributed by atoms with Crippen LogP contribution in [0.4, 0.5) is 14.5 Å². The molecule has 4 rings (SSSR count). The maximum absolute atomic E-state index is 12.9. The second kappa shape index (κ2) is 10.4. The fourth-order valence-electron chi connectivity index (χ4n) is 5.01. The number of hydrogen-bond acceptors (Lipinski definition) is 5. The number of hydrogen-bond donors (Lipinski definition) is 1. The molecule has 0 unspecified atom stereocenters. The van der Waals surface area contributed by atoms with E-state index in [4.69, 9.17) is 4.74 Å². The van der Waals surface area contributed by atoms with Crippen LogP contribution in [0.25, 0.3) is 0 Å². The average molecular weight is 480 g/mol. The third-order valence-electron chi connectivity index (χ3n) is 6.69. The molecule has 1 aliphatic heterocycles. The Kier molecular flexibility index (Phi) is 7.61. The summed E-state index contributed by atoms with van der Waals surface area (Å²) >= 11 is 0. The predicted octanol–water partition coefficient (Wildman–Crippen LogP) is 4.26. The van der Waals surface area contributed by atoms with E-state index in [1.807, 2.05) is 11.0 Å². The van der Waals surface area contributed by atoms with E-state index in [0.29, 0.717) is 31.2 Å². The number of ether oxygens (including phenoxy) is 1. The topological polar surface area (TPSA) is 71.5 Å². The Labute approximate surface area is 194 Å². The largest absolute Gasteiger partial charge is 0.376 e. The SMILES string of the molecule is CS(=O)(=O)N[C@H]1CCN(c2ccc(C(F)F)nc2)[C@H]1CO[C@H]1CC[C@@H](c2ccccc2)CC1. The first-order valence-corrected chi connectivity index (χ1v) is 13.3. The van der Waals surface area contributed by atoms with Crippen LogP contribution in [0.2, 0.25) is 0 Å². The van der Waals surface area contributed by atoms with E-state index in [1.165, 1.54) is 17.8 Å². The lowest BCUT2D eigenvalue weighted by molar-refractivity contribution is 0.0157. The van der Waals surface area contributed by atoms with E-state index < -0.39 is 16.4 Å². The van der Waals surface area contributed by atoms with Crippen molar-refractivity contribution in [3.05, 3.63) is 59.9 Å². The number of halogens is 2. The van der Waals surface area contributed by atoms with Gasteiger partial charge in [-0.05, 0) is 55.7 Å². The standard InChI is InChI=1S/C24H31F2N3O3S/c1-33(30,31)28-21-13-14-29(19-9-12-22(24(25)26)27-15-19)23(21)16-32-20-10-7-18(8-11-20)17-5-3-2-4-6-17/h2-6,9,12,15,18,20-21,23-24,28H,7-8,10-11,13-14,16H2,1H3/t18-,20+,21-,23-/m0/s1. The van der Waals surface area contributed by atoms with Crippen molar-refractivity contribution in [2.45, 2.75) is 62.6 Å². The van der Waals surface area contributed by atoms with Gasteiger partial charge in [-0.15, -0.1) is 0 Å². The van der Waals surface area contributed by atoms with Crippen LogP contribution in [0.3, 0.4) is 0 Å². The normalized spacial score (nSPS) is 26.1. The molecule has 2 aliphatic rings. The molecule has 33 heavy (non-hydrogen) atoms. The van der Waals surface area contributed by atoms with Gasteiger partial charge in [-0.2, -0.15) is 0 Å². The number of alkyl halides is 2. The third kappa shape index (κ3) is 6.28. The smallest absolute Gasteiger partial charge is 0.280 e. The van der Waals surface area contributed by atoms with Gasteiger partial charge in [0.1, 0.15) is 5.69 Å². The van der Waals surface area contributed by atoms with Crippen LogP contribution >= 0.6 is 0 Å². The molecule has 2 atom stereocenters. The van der Waals surface area contributed by atoms with E-state index in [-0.39, 0.29) is 23.9 Å². The molecule has 2 heterocycles. The lowest BCUT2D eigenvalue weighted by Gasteiger charge is -2.33. The fraction of sp³-hybridized carbons (Fsp3) is 0.542. The molecule has 0 radical (unpaired) electrons. The van der Waals surface area contributed by atoms with Crippen LogP contribution < -0.4 is 9.62 Å². The zero-order valence-electron chi connectivity index (χ0n) is 18.7. The summed E-state index contributed by atoms with van der Waals surface area (Å²) < 4.78 is 58.6. The molecule has 1 aromatic carbocycles. The number of sulfonamides is 1. The highest BCUT2D eigenvalue weighted by Crippen LogP contribution is 2.35. The second-order valence-corrected chi connectivity index (χ2v) is 10.8. The van der Waals surface area contributed by atoms with Gasteiger partial charge in [0.05, 0.1) is 36.9 Å². The number of nitrogens with zero attached hydrogens (tertiary/aromatic N) is 2. The van der Waals surface area contributed by atoms with Crippen LogP contribution in [-0.2, 0) is 14.8 Å². The Morgan fingerprint density at radius 1 is 1.09 bits per heavy atom. The van der Waals surface area contributed by atoms with Crippen LogP contribution in [0.15, 0.2) is 48.7 Å². The summed E-state index contributed by atoms with van der Waals surface area (Å²) in [6, 6.07) is 12.9. The number of nitrogens with one attached hydrogen (secondary N) is 1. The fourth-order valence-corrected chi connectivity index (χ4v) is 5.84. The first kappa shape index (κ1) is 24.0. The van der Waals surface area contributed by atoms with Crippen molar-refractivity contribution in [2.75, 3.05) is 24.3 Å². The second-order valence-electron chi connectivity index (χ2n) is 9.01. The number of aromatic nitrogens is 1. The molecule has 1 saturated heterocycles. The molecule has 2 fully saturated rings. The number of rotatable bonds is 8. The molecular formula is C24H31F2N3O3S. The lowest BCUT2D eigenvalue weighted by Crippen LogP contribution is -2.48. The molecular weight excluding hydrogens is 448 g/mol. The first-order chi connectivity index (χ1) is 15.8. The zero-order chi connectivity index (χ0) is 23.4. The van der Waals surface area contributed by atoms with Crippen molar-refractivity contribution in [3.63, 3.8) is 0 Å². The van der Waals surface area contributed by atoms with Gasteiger partial charge >= 0.3 is 0 Å². The summed E-state index contributed by atoms with van der Waals surface area (Å²) in [5.41, 5.74) is 1.79. The molecule has 1 aliphatic carbocycles. The zero-order valence-corrected chi connectivity index (χ0v) is 19.6. The molecule has 6 nitrogen and oxygen atoms in total. The van der Waals surface area contributed by atoms with E-state index in [1.54, 1.807) is 6.07 Å². The minimum Gasteiger partial charge on any atom is -0.376 e. The van der Waals surface area contributed by atoms with Crippen molar-refractivity contribution >= 4 is 15.7 Å². The van der Waals surface area contributed by atoms with Gasteiger partial charge in [-0.1, -0.05) is 30.3 Å². The highest BCUT2D eigenvalue weighted by atomic mass is 32.2. The molecule has 0 bridgehead atoms. The molecule has 2 aromatic rings. The molecule has 0 amide bonds. The Morgan fingerprint density at radius 2 is 1.82 bits per heavy atom. The van der Waals surface area contributed by atoms with Gasteiger partial charge in [-0.25, -0.2) is 21.9 Å². The predicted molar refractivity (Wildman–Crippen MR) is 124 cm³/mol. The monoisotopic (exact) mass is 479 g/mol. The highest BCUT2D eigenvalue weighted by Gasteiger charge is 2.37. The summed E-state index contributed by atoms with van der Waals surface area (Å²) in [6.45, 7) is 0.960. The van der Waals surface area contributed by atoms with Crippen molar-refractivity contribution in [1.29, 1.82) is 0 Å². The number of pyridine rings is 1. The minimum absolute atomic E-state index is 0.130. The summed E-state index contributed by atoms with van der Waals surface area (Å²) in [7, 11) is -3.39. The summed E-state index contributed by atoms with van der Waals surface area (Å²) in [4.78, 5) is 5.89. The minimum atomic E-state index is -3.39. The molecule has 9 heteroatoms. The van der Waals surface area contributed by atoms with E-state index in [2.05, 4.69) is 34.0 Å². The molecule has 0 spiro atoms. The van der Waals surface area contributed by atoms with Gasteiger partial charge in [0.25, 0.3) is 6.43 Å². The van der Waals surface area contributed by atoms with Crippen molar-refractivity contribution in [2.24, 2.45) is 0 Å². The number of benzene rings is 1. The lowest BCUT2D eigenvalue weighted by atomic mass is 9.83. The van der Waals surface area contributed by atoms with E-state index in [0.717, 1.165) is 31.9 Å². The summed E-state index contributed by atoms with van der Waals surface area (Å²) in [6.07, 6.45) is 4.74. The van der Waals surface area contributed by atoms with Gasteiger partial charge in [0, 0.05) is 12.6 Å². The highest BCUT2D eigenvalue weighted by molar-refractivity contribution is 7.88. The summed E-state index contributed by atoms with van der Waals surface area (Å²) in [5.74, 6) is 0.549. The Hall–Kier alpha value is -2.10. The Morgan fingerprint density at radius 3 is 2.42 bits per heavy atom. The van der Waals surface area contributed by atoms with Gasteiger partial charge in [-0.3, -0.25) is 4.98 Å². The Bertz CT molecular complexity index is 997. The summed E-state index contributed by atoms with van der Waals surface area (Å²) in [5, 5.41) is 0.